The summed E-state index contributed by atoms with van der Waals surface area (Å²) in [5.41, 5.74) is 1.33. The standard InChI is InChI=1S/C22H23N7O4/c1-23-22(31)19-15(9-17(28-29-19)27-21(30)12-7-8-12)26-14-6-4-5-13(20(14)33-3)16-10-25-18(32-2)11-24-16/h4-6,9-12H,7-8H2,1-3H3,(H,23,31)(H2,26,27,28,30)/i1D3. The number of amides is 2. The van der Waals surface area contributed by atoms with E-state index in [-0.39, 0.29) is 29.0 Å². The maximum atomic E-state index is 12.7. The van der Waals surface area contributed by atoms with Crippen molar-refractivity contribution in [3.05, 3.63) is 42.4 Å². The molecule has 1 saturated carbocycles. The number of carbonyl (C=O) groups is 2. The van der Waals surface area contributed by atoms with Gasteiger partial charge in [0.2, 0.25) is 11.8 Å². The van der Waals surface area contributed by atoms with E-state index in [4.69, 9.17) is 13.6 Å². The number of methoxy groups -OCH3 is 2. The van der Waals surface area contributed by atoms with Crippen molar-refractivity contribution in [3.8, 4) is 22.9 Å². The lowest BCUT2D eigenvalue weighted by molar-refractivity contribution is -0.117. The van der Waals surface area contributed by atoms with E-state index < -0.39 is 12.9 Å². The van der Waals surface area contributed by atoms with Crippen molar-refractivity contribution in [3.63, 3.8) is 0 Å². The van der Waals surface area contributed by atoms with Gasteiger partial charge in [-0.05, 0) is 25.0 Å². The maximum absolute atomic E-state index is 12.7. The molecule has 2 heterocycles. The van der Waals surface area contributed by atoms with Gasteiger partial charge in [-0.3, -0.25) is 9.59 Å². The van der Waals surface area contributed by atoms with Gasteiger partial charge in [0.1, 0.15) is 0 Å². The number of anilines is 3. The van der Waals surface area contributed by atoms with Crippen LogP contribution in [0.2, 0.25) is 0 Å². The second-order valence-electron chi connectivity index (χ2n) is 7.16. The van der Waals surface area contributed by atoms with Crippen LogP contribution >= 0.6 is 0 Å². The molecule has 2 aromatic heterocycles. The fourth-order valence-electron chi connectivity index (χ4n) is 3.11. The van der Waals surface area contributed by atoms with Gasteiger partial charge in [-0.2, -0.15) is 0 Å². The smallest absolute Gasteiger partial charge is 0.273 e. The van der Waals surface area contributed by atoms with Crippen LogP contribution in [0.15, 0.2) is 36.7 Å². The summed E-state index contributed by atoms with van der Waals surface area (Å²) >= 11 is 0. The molecule has 0 aliphatic heterocycles. The van der Waals surface area contributed by atoms with Gasteiger partial charge in [0.25, 0.3) is 5.91 Å². The summed E-state index contributed by atoms with van der Waals surface area (Å²) in [6, 6.07) is 6.60. The third-order valence-electron chi connectivity index (χ3n) is 4.92. The third-order valence-corrected chi connectivity index (χ3v) is 4.92. The van der Waals surface area contributed by atoms with Crippen molar-refractivity contribution in [2.24, 2.45) is 5.92 Å². The molecule has 1 fully saturated rings. The van der Waals surface area contributed by atoms with Crippen LogP contribution in [0.1, 0.15) is 27.4 Å². The Kier molecular flexibility index (Phi) is 5.25. The molecular formula is C22H23N7O4. The van der Waals surface area contributed by atoms with Crippen molar-refractivity contribution in [1.82, 2.24) is 25.5 Å². The molecule has 170 valence electrons. The summed E-state index contributed by atoms with van der Waals surface area (Å²) in [6.07, 6.45) is 4.58. The van der Waals surface area contributed by atoms with E-state index in [1.54, 1.807) is 18.2 Å². The van der Waals surface area contributed by atoms with Gasteiger partial charge in [-0.15, -0.1) is 10.2 Å². The molecule has 1 aromatic carbocycles. The number of rotatable bonds is 8. The number of ether oxygens (including phenoxy) is 2. The van der Waals surface area contributed by atoms with Crippen LogP contribution in [0.5, 0.6) is 11.6 Å². The van der Waals surface area contributed by atoms with Gasteiger partial charge in [-0.1, -0.05) is 6.07 Å². The van der Waals surface area contributed by atoms with Crippen molar-refractivity contribution in [2.45, 2.75) is 12.8 Å². The molecule has 2 amide bonds. The Balaban J connectivity index is 1.72. The lowest BCUT2D eigenvalue weighted by Crippen LogP contribution is -2.22. The molecule has 0 radical (unpaired) electrons. The first kappa shape index (κ1) is 18.3. The monoisotopic (exact) mass is 452 g/mol. The second-order valence-corrected chi connectivity index (χ2v) is 7.16. The number of hydrogen-bond donors (Lipinski definition) is 3. The molecule has 33 heavy (non-hydrogen) atoms. The Morgan fingerprint density at radius 3 is 2.61 bits per heavy atom. The molecule has 11 nitrogen and oxygen atoms in total. The first-order chi connectivity index (χ1) is 17.2. The summed E-state index contributed by atoms with van der Waals surface area (Å²) in [5.74, 6) is -0.422. The van der Waals surface area contributed by atoms with E-state index in [1.165, 1.54) is 32.7 Å². The summed E-state index contributed by atoms with van der Waals surface area (Å²) in [4.78, 5) is 33.4. The molecule has 0 atom stereocenters. The Labute approximate surface area is 194 Å². The van der Waals surface area contributed by atoms with Gasteiger partial charge >= 0.3 is 0 Å². The van der Waals surface area contributed by atoms with E-state index in [1.807, 2.05) is 5.32 Å². The normalized spacial score (nSPS) is 14.3. The van der Waals surface area contributed by atoms with Gasteiger partial charge < -0.3 is 25.4 Å². The first-order valence-electron chi connectivity index (χ1n) is 11.5. The van der Waals surface area contributed by atoms with E-state index in [0.29, 0.717) is 28.6 Å². The van der Waals surface area contributed by atoms with Crippen LogP contribution in [0, 0.1) is 5.92 Å². The molecule has 1 aliphatic rings. The third kappa shape index (κ3) is 4.81. The lowest BCUT2D eigenvalue weighted by Gasteiger charge is -2.16. The summed E-state index contributed by atoms with van der Waals surface area (Å²) in [6.45, 7) is -2.74. The lowest BCUT2D eigenvalue weighted by atomic mass is 10.1. The maximum Gasteiger partial charge on any atom is 0.273 e. The highest BCUT2D eigenvalue weighted by atomic mass is 16.5. The Bertz CT molecular complexity index is 1280. The number of carbonyl (C=O) groups excluding carboxylic acids is 2. The van der Waals surface area contributed by atoms with Gasteiger partial charge in [0.05, 0.1) is 43.7 Å². The van der Waals surface area contributed by atoms with Gasteiger partial charge in [0.15, 0.2) is 17.3 Å². The molecule has 1 aliphatic carbocycles. The van der Waals surface area contributed by atoms with Gasteiger partial charge in [0, 0.05) is 28.6 Å². The fourth-order valence-corrected chi connectivity index (χ4v) is 3.11. The highest BCUT2D eigenvalue weighted by Gasteiger charge is 2.30. The largest absolute Gasteiger partial charge is 0.494 e. The predicted molar refractivity (Wildman–Crippen MR) is 121 cm³/mol. The number of nitrogens with zero attached hydrogens (tertiary/aromatic N) is 4. The van der Waals surface area contributed by atoms with E-state index in [9.17, 15) is 9.59 Å². The molecule has 0 bridgehead atoms. The molecular weight excluding hydrogens is 426 g/mol. The van der Waals surface area contributed by atoms with E-state index in [2.05, 4.69) is 30.8 Å². The van der Waals surface area contributed by atoms with Crippen molar-refractivity contribution in [2.75, 3.05) is 31.8 Å². The van der Waals surface area contributed by atoms with Crippen LogP contribution < -0.4 is 25.4 Å². The van der Waals surface area contributed by atoms with Crippen LogP contribution in [0.3, 0.4) is 0 Å². The van der Waals surface area contributed by atoms with Crippen molar-refractivity contribution >= 4 is 29.0 Å². The molecule has 4 rings (SSSR count). The topological polar surface area (TPSA) is 140 Å². The predicted octanol–water partition coefficient (Wildman–Crippen LogP) is 2.40. The highest BCUT2D eigenvalue weighted by Crippen LogP contribution is 2.38. The Morgan fingerprint density at radius 2 is 1.94 bits per heavy atom. The molecule has 3 aromatic rings. The second kappa shape index (κ2) is 9.47. The zero-order valence-electron chi connectivity index (χ0n) is 20.9. The van der Waals surface area contributed by atoms with Crippen molar-refractivity contribution < 1.29 is 23.2 Å². The fraction of sp³-hybridized carbons (Fsp3) is 0.273. The minimum absolute atomic E-state index is 0.0795. The number of nitrogens with one attached hydrogen (secondary N) is 3. The van der Waals surface area contributed by atoms with Crippen LogP contribution in [0.25, 0.3) is 11.3 Å². The molecule has 11 heteroatoms. The number of hydrogen-bond acceptors (Lipinski definition) is 9. The highest BCUT2D eigenvalue weighted by molar-refractivity contribution is 6.00. The Morgan fingerprint density at radius 1 is 1.09 bits per heavy atom. The molecule has 0 unspecified atom stereocenters. The van der Waals surface area contributed by atoms with E-state index >= 15 is 0 Å². The number of para-hydroxylation sites is 1. The number of aromatic nitrogens is 4. The molecule has 0 spiro atoms. The first-order valence-corrected chi connectivity index (χ1v) is 10.00. The quantitative estimate of drug-likeness (QED) is 0.470. The molecule has 0 saturated heterocycles. The summed E-state index contributed by atoms with van der Waals surface area (Å²) in [5, 5.41) is 15.4. The van der Waals surface area contributed by atoms with Crippen LogP contribution in [0.4, 0.5) is 17.2 Å². The summed E-state index contributed by atoms with van der Waals surface area (Å²) in [7, 11) is 2.95. The van der Waals surface area contributed by atoms with Crippen LogP contribution in [-0.4, -0.2) is 53.2 Å². The minimum atomic E-state index is -2.74. The average Bonchev–Trinajstić information content (AvgIpc) is 3.69. The SMILES string of the molecule is [2H]C([2H])([2H])NC(=O)c1nnc(NC(=O)C2CC2)cc1Nc1cccc(-c2cnc(OC)cn2)c1OC. The van der Waals surface area contributed by atoms with E-state index in [0.717, 1.165) is 12.8 Å². The zero-order chi connectivity index (χ0) is 25.9. The average molecular weight is 452 g/mol. The Hall–Kier alpha value is -4.28. The van der Waals surface area contributed by atoms with Gasteiger partial charge in [-0.25, -0.2) is 9.97 Å². The summed E-state index contributed by atoms with van der Waals surface area (Å²) < 4.78 is 32.7. The molecule has 3 N–H and O–H groups in total. The number of benzene rings is 1. The van der Waals surface area contributed by atoms with Crippen LogP contribution in [-0.2, 0) is 4.79 Å². The van der Waals surface area contributed by atoms with Crippen molar-refractivity contribution in [1.29, 1.82) is 0 Å². The zero-order valence-corrected chi connectivity index (χ0v) is 17.9. The minimum Gasteiger partial charge on any atom is -0.494 e.